The third-order valence-corrected chi connectivity index (χ3v) is 8.95. The third-order valence-electron chi connectivity index (χ3n) is 5.12. The van der Waals surface area contributed by atoms with Gasteiger partial charge in [0.05, 0.1) is 30.4 Å². The number of ether oxygens (including phenoxy) is 2. The fraction of sp³-hybridized carbons (Fsp3) is 0.318. The van der Waals surface area contributed by atoms with Crippen molar-refractivity contribution >= 4 is 55.8 Å². The summed E-state index contributed by atoms with van der Waals surface area (Å²) in [5.41, 5.74) is 1.36. The molecule has 0 aliphatic rings. The van der Waals surface area contributed by atoms with E-state index in [1.807, 2.05) is 6.92 Å². The second-order valence-corrected chi connectivity index (χ2v) is 11.6. The molecule has 11 nitrogen and oxygen atoms in total. The molecule has 2 aromatic heterocycles. The Kier molecular flexibility index (Phi) is 8.53. The number of hydrogen-bond donors (Lipinski definition) is 1. The van der Waals surface area contributed by atoms with Crippen LogP contribution in [-0.4, -0.2) is 61.0 Å². The van der Waals surface area contributed by atoms with Crippen LogP contribution in [0.15, 0.2) is 34.3 Å². The zero-order valence-corrected chi connectivity index (χ0v) is 22.6. The summed E-state index contributed by atoms with van der Waals surface area (Å²) in [7, 11) is 0.398. The topological polar surface area (TPSA) is 147 Å². The molecule has 0 atom stereocenters. The number of carbonyl (C=O) groups excluding carboxylic acids is 3. The van der Waals surface area contributed by atoms with Gasteiger partial charge in [-0.3, -0.25) is 4.79 Å². The molecule has 192 valence electrons. The van der Waals surface area contributed by atoms with E-state index >= 15 is 0 Å². The molecular formula is C22H24N4O7S3. The van der Waals surface area contributed by atoms with Crippen LogP contribution >= 0.6 is 23.1 Å². The lowest BCUT2D eigenvalue weighted by molar-refractivity contribution is -0.113. The monoisotopic (exact) mass is 552 g/mol. The van der Waals surface area contributed by atoms with E-state index < -0.39 is 27.7 Å². The highest BCUT2D eigenvalue weighted by Crippen LogP contribution is 2.34. The molecule has 3 aromatic rings. The van der Waals surface area contributed by atoms with Crippen LogP contribution in [0.5, 0.6) is 0 Å². The molecule has 3 rings (SSSR count). The standard InChI is InChI=1S/C22H24N4O7S3/c1-12-6-8-14(9-7-12)36(30,31)11-15-24-25-22(26(15)3)34-10-16(27)23-19-17(20(28)32-4)13(2)18(35-19)21(29)33-5/h6-9H,10-11H2,1-5H3,(H,23,27). The van der Waals surface area contributed by atoms with Crippen molar-refractivity contribution in [3.63, 3.8) is 0 Å². The summed E-state index contributed by atoms with van der Waals surface area (Å²) in [6.07, 6.45) is 0. The van der Waals surface area contributed by atoms with Crippen molar-refractivity contribution in [3.8, 4) is 0 Å². The molecule has 0 saturated heterocycles. The first-order chi connectivity index (χ1) is 17.0. The van der Waals surface area contributed by atoms with Crippen molar-refractivity contribution in [2.45, 2.75) is 29.7 Å². The van der Waals surface area contributed by atoms with Crippen molar-refractivity contribution in [2.24, 2.45) is 7.05 Å². The minimum atomic E-state index is -3.63. The van der Waals surface area contributed by atoms with Crippen LogP contribution in [0.4, 0.5) is 5.00 Å². The van der Waals surface area contributed by atoms with Gasteiger partial charge in [0.25, 0.3) is 0 Å². The SMILES string of the molecule is COC(=O)c1sc(NC(=O)CSc2nnc(CS(=O)(=O)c3ccc(C)cc3)n2C)c(C(=O)OC)c1C. The van der Waals surface area contributed by atoms with Crippen molar-refractivity contribution in [1.82, 2.24) is 14.8 Å². The molecule has 0 bridgehead atoms. The molecule has 1 N–H and O–H groups in total. The first-order valence-electron chi connectivity index (χ1n) is 10.4. The van der Waals surface area contributed by atoms with Gasteiger partial charge in [-0.05, 0) is 31.5 Å². The predicted octanol–water partition coefficient (Wildman–Crippen LogP) is 2.77. The number of thiophene rings is 1. The maximum atomic E-state index is 12.7. The maximum Gasteiger partial charge on any atom is 0.348 e. The first kappa shape index (κ1) is 27.4. The number of benzene rings is 1. The number of aryl methyl sites for hydroxylation is 1. The van der Waals surface area contributed by atoms with Gasteiger partial charge in [-0.2, -0.15) is 0 Å². The van der Waals surface area contributed by atoms with Gasteiger partial charge in [-0.25, -0.2) is 18.0 Å². The highest BCUT2D eigenvalue weighted by Gasteiger charge is 2.27. The van der Waals surface area contributed by atoms with Crippen LogP contribution in [-0.2, 0) is 36.9 Å². The van der Waals surface area contributed by atoms with Crippen molar-refractivity contribution in [1.29, 1.82) is 0 Å². The lowest BCUT2D eigenvalue weighted by atomic mass is 10.1. The number of sulfone groups is 1. The Balaban J connectivity index is 1.71. The van der Waals surface area contributed by atoms with E-state index in [2.05, 4.69) is 15.5 Å². The average Bonchev–Trinajstić information content (AvgIpc) is 3.35. The van der Waals surface area contributed by atoms with Gasteiger partial charge in [0, 0.05) is 7.05 Å². The minimum absolute atomic E-state index is 0.0727. The van der Waals surface area contributed by atoms with Gasteiger partial charge in [-0.15, -0.1) is 21.5 Å². The summed E-state index contributed by atoms with van der Waals surface area (Å²) in [5.74, 6) is -2.04. The highest BCUT2D eigenvalue weighted by molar-refractivity contribution is 7.99. The number of thioether (sulfide) groups is 1. The summed E-state index contributed by atoms with van der Waals surface area (Å²) in [6, 6.07) is 6.53. The van der Waals surface area contributed by atoms with E-state index in [1.54, 1.807) is 38.2 Å². The fourth-order valence-corrected chi connectivity index (χ4v) is 6.29. The number of anilines is 1. The lowest BCUT2D eigenvalue weighted by Crippen LogP contribution is -2.16. The molecule has 0 saturated carbocycles. The fourth-order valence-electron chi connectivity index (χ4n) is 3.12. The number of amides is 1. The number of nitrogens with zero attached hydrogens (tertiary/aromatic N) is 3. The smallest absolute Gasteiger partial charge is 0.348 e. The number of carbonyl (C=O) groups is 3. The van der Waals surface area contributed by atoms with Crippen LogP contribution < -0.4 is 5.32 Å². The first-order valence-corrected chi connectivity index (χ1v) is 13.8. The second kappa shape index (κ2) is 11.2. The summed E-state index contributed by atoms with van der Waals surface area (Å²) in [5, 5.41) is 11.1. The third kappa shape index (κ3) is 5.94. The molecule has 0 aliphatic heterocycles. The van der Waals surface area contributed by atoms with E-state index in [0.29, 0.717) is 10.7 Å². The van der Waals surface area contributed by atoms with Gasteiger partial charge in [-0.1, -0.05) is 29.5 Å². The van der Waals surface area contributed by atoms with E-state index in [-0.39, 0.29) is 37.7 Å². The van der Waals surface area contributed by atoms with Gasteiger partial charge < -0.3 is 19.4 Å². The van der Waals surface area contributed by atoms with Gasteiger partial charge in [0.1, 0.15) is 21.5 Å². The molecule has 36 heavy (non-hydrogen) atoms. The Morgan fingerprint density at radius 2 is 1.69 bits per heavy atom. The normalized spacial score (nSPS) is 11.2. The second-order valence-electron chi connectivity index (χ2n) is 7.61. The molecule has 14 heteroatoms. The molecule has 1 aromatic carbocycles. The highest BCUT2D eigenvalue weighted by atomic mass is 32.2. The van der Waals surface area contributed by atoms with E-state index in [9.17, 15) is 22.8 Å². The number of methoxy groups -OCH3 is 2. The van der Waals surface area contributed by atoms with Gasteiger partial charge in [0.2, 0.25) is 5.91 Å². The molecule has 0 unspecified atom stereocenters. The van der Waals surface area contributed by atoms with Crippen molar-refractivity contribution < 1.29 is 32.3 Å². The van der Waals surface area contributed by atoms with Gasteiger partial charge in [0.15, 0.2) is 15.0 Å². The van der Waals surface area contributed by atoms with Crippen LogP contribution in [0, 0.1) is 13.8 Å². The number of hydrogen-bond acceptors (Lipinski definition) is 11. The van der Waals surface area contributed by atoms with Gasteiger partial charge >= 0.3 is 11.9 Å². The van der Waals surface area contributed by atoms with Crippen molar-refractivity contribution in [3.05, 3.63) is 51.7 Å². The zero-order valence-electron chi connectivity index (χ0n) is 20.1. The Labute approximate surface area is 216 Å². The molecule has 0 fully saturated rings. The molecule has 2 heterocycles. The Bertz CT molecular complexity index is 1410. The minimum Gasteiger partial charge on any atom is -0.465 e. The molecule has 0 radical (unpaired) electrons. The van der Waals surface area contributed by atoms with Crippen LogP contribution in [0.3, 0.4) is 0 Å². The van der Waals surface area contributed by atoms with Crippen molar-refractivity contribution in [2.75, 3.05) is 25.3 Å². The lowest BCUT2D eigenvalue weighted by Gasteiger charge is -2.07. The average molecular weight is 553 g/mol. The Morgan fingerprint density at radius 1 is 1.06 bits per heavy atom. The van der Waals surface area contributed by atoms with Crippen LogP contribution in [0.2, 0.25) is 0 Å². The summed E-state index contributed by atoms with van der Waals surface area (Å²) in [4.78, 5) is 37.2. The largest absolute Gasteiger partial charge is 0.465 e. The predicted molar refractivity (Wildman–Crippen MR) is 134 cm³/mol. The van der Waals surface area contributed by atoms with E-state index in [1.165, 1.54) is 18.8 Å². The van der Waals surface area contributed by atoms with Crippen LogP contribution in [0.1, 0.15) is 37.0 Å². The van der Waals surface area contributed by atoms with Crippen LogP contribution in [0.25, 0.3) is 0 Å². The summed E-state index contributed by atoms with van der Waals surface area (Å²) >= 11 is 1.95. The Morgan fingerprint density at radius 3 is 2.31 bits per heavy atom. The number of nitrogens with one attached hydrogen (secondary N) is 1. The molecular weight excluding hydrogens is 528 g/mol. The maximum absolute atomic E-state index is 12.7. The molecule has 0 aliphatic carbocycles. The molecule has 1 amide bonds. The molecule has 0 spiro atoms. The Hall–Kier alpha value is -3.23. The summed E-state index contributed by atoms with van der Waals surface area (Å²) in [6.45, 7) is 3.43. The van der Waals surface area contributed by atoms with E-state index in [4.69, 9.17) is 9.47 Å². The number of esters is 2. The van der Waals surface area contributed by atoms with E-state index in [0.717, 1.165) is 28.7 Å². The number of rotatable bonds is 9. The quantitative estimate of drug-likeness (QED) is 0.310. The zero-order chi connectivity index (χ0) is 26.6. The summed E-state index contributed by atoms with van der Waals surface area (Å²) < 4.78 is 36.5. The number of aromatic nitrogens is 3.